The van der Waals surface area contributed by atoms with E-state index in [1.54, 1.807) is 6.92 Å². The molecule has 0 radical (unpaired) electrons. The van der Waals surface area contributed by atoms with Crippen LogP contribution in [0, 0.1) is 0 Å². The lowest BCUT2D eigenvalue weighted by molar-refractivity contribution is 0.0881. The molecule has 0 rings (SSSR count). The van der Waals surface area contributed by atoms with Crippen molar-refractivity contribution in [3.05, 3.63) is 12.2 Å². The molecule has 2 nitrogen and oxygen atoms in total. The molecule has 0 fully saturated rings. The first-order chi connectivity index (χ1) is 6.07. The van der Waals surface area contributed by atoms with Crippen LogP contribution in [0.4, 0.5) is 0 Å². The highest BCUT2D eigenvalue weighted by Gasteiger charge is 2.16. The van der Waals surface area contributed by atoms with Crippen LogP contribution >= 0.6 is 11.6 Å². The van der Waals surface area contributed by atoms with Crippen molar-refractivity contribution < 1.29 is 10.2 Å². The van der Waals surface area contributed by atoms with E-state index in [-0.39, 0.29) is 5.38 Å². The molecular weight excluding hydrogens is 188 g/mol. The van der Waals surface area contributed by atoms with Gasteiger partial charge in [0.2, 0.25) is 0 Å². The molecule has 0 aromatic heterocycles. The van der Waals surface area contributed by atoms with Crippen LogP contribution in [0.15, 0.2) is 12.2 Å². The highest BCUT2D eigenvalue weighted by molar-refractivity contribution is 6.21. The lowest BCUT2D eigenvalue weighted by Crippen LogP contribution is -2.24. The second-order valence-electron chi connectivity index (χ2n) is 3.28. The van der Waals surface area contributed by atoms with Gasteiger partial charge < -0.3 is 10.2 Å². The third-order valence-corrected chi connectivity index (χ3v) is 2.23. The Labute approximate surface area is 85.2 Å². The van der Waals surface area contributed by atoms with E-state index in [1.807, 2.05) is 19.1 Å². The third kappa shape index (κ3) is 7.05. The summed E-state index contributed by atoms with van der Waals surface area (Å²) in [7, 11) is 0. The van der Waals surface area contributed by atoms with E-state index in [9.17, 15) is 5.11 Å². The van der Waals surface area contributed by atoms with Crippen LogP contribution in [-0.2, 0) is 0 Å². The molecule has 3 heteroatoms. The minimum atomic E-state index is -0.622. The molecule has 78 valence electrons. The van der Waals surface area contributed by atoms with Gasteiger partial charge in [-0.05, 0) is 19.8 Å². The highest BCUT2D eigenvalue weighted by atomic mass is 35.5. The van der Waals surface area contributed by atoms with Crippen LogP contribution in [0.25, 0.3) is 0 Å². The van der Waals surface area contributed by atoms with E-state index in [2.05, 4.69) is 0 Å². The van der Waals surface area contributed by atoms with Crippen LogP contribution in [0.5, 0.6) is 0 Å². The minimum absolute atomic E-state index is 0.294. The number of halogens is 1. The fourth-order valence-electron chi connectivity index (χ4n) is 1.05. The van der Waals surface area contributed by atoms with Gasteiger partial charge in [0.05, 0.1) is 17.6 Å². The van der Waals surface area contributed by atoms with Gasteiger partial charge in [-0.2, -0.15) is 0 Å². The van der Waals surface area contributed by atoms with E-state index in [4.69, 9.17) is 16.7 Å². The number of allylic oxidation sites excluding steroid dienone is 2. The summed E-state index contributed by atoms with van der Waals surface area (Å²) < 4.78 is 0. The average molecular weight is 207 g/mol. The molecule has 2 N–H and O–H groups in total. The maximum Gasteiger partial charge on any atom is 0.0731 e. The smallest absolute Gasteiger partial charge is 0.0731 e. The van der Waals surface area contributed by atoms with Gasteiger partial charge in [-0.25, -0.2) is 0 Å². The second-order valence-corrected chi connectivity index (χ2v) is 3.84. The number of aliphatic hydroxyl groups is 2. The Morgan fingerprint density at radius 3 is 2.38 bits per heavy atom. The Kier molecular flexibility index (Phi) is 7.33. The number of alkyl halides is 1. The first-order valence-corrected chi connectivity index (χ1v) is 5.16. The Bertz CT molecular complexity index is 146. The lowest BCUT2D eigenvalue weighted by atomic mass is 10.1. The molecule has 0 spiro atoms. The first-order valence-electron chi connectivity index (χ1n) is 4.73. The number of hydrogen-bond acceptors (Lipinski definition) is 2. The molecule has 0 saturated carbocycles. The fraction of sp³-hybridized carbons (Fsp3) is 0.800. The summed E-state index contributed by atoms with van der Waals surface area (Å²) in [5.41, 5.74) is 0. The van der Waals surface area contributed by atoms with Crippen molar-refractivity contribution in [1.82, 2.24) is 0 Å². The standard InChI is InChI=1S/C10H19ClO2/c1-3-4-5-6-9(11)10(13)7-8(2)12/h4-5,8-10,12-13H,3,6-7H2,1-2H3/t8-,9-,10+/m1/s1. The van der Waals surface area contributed by atoms with Gasteiger partial charge in [0, 0.05) is 6.42 Å². The van der Waals surface area contributed by atoms with E-state index >= 15 is 0 Å². The Morgan fingerprint density at radius 2 is 1.92 bits per heavy atom. The molecule has 0 unspecified atom stereocenters. The molecule has 13 heavy (non-hydrogen) atoms. The summed E-state index contributed by atoms with van der Waals surface area (Å²) in [6.45, 7) is 3.70. The van der Waals surface area contributed by atoms with E-state index in [0.29, 0.717) is 12.8 Å². The van der Waals surface area contributed by atoms with Crippen LogP contribution in [0.2, 0.25) is 0 Å². The Hall–Kier alpha value is -0.0500. The van der Waals surface area contributed by atoms with Gasteiger partial charge in [0.1, 0.15) is 0 Å². The van der Waals surface area contributed by atoms with Gasteiger partial charge >= 0.3 is 0 Å². The molecule has 0 aliphatic carbocycles. The summed E-state index contributed by atoms with van der Waals surface area (Å²) in [6.07, 6.45) is 4.84. The highest BCUT2D eigenvalue weighted by Crippen LogP contribution is 2.13. The summed E-state index contributed by atoms with van der Waals surface area (Å²) >= 11 is 5.90. The Morgan fingerprint density at radius 1 is 1.31 bits per heavy atom. The maximum atomic E-state index is 9.46. The molecule has 0 aromatic carbocycles. The molecule has 0 aromatic rings. The average Bonchev–Trinajstić information content (AvgIpc) is 2.03. The van der Waals surface area contributed by atoms with Gasteiger partial charge in [-0.15, -0.1) is 11.6 Å². The van der Waals surface area contributed by atoms with E-state index in [0.717, 1.165) is 6.42 Å². The molecule has 0 aliphatic rings. The first kappa shape index (κ1) is 12.9. The largest absolute Gasteiger partial charge is 0.393 e. The molecule has 0 heterocycles. The predicted molar refractivity (Wildman–Crippen MR) is 56.0 cm³/mol. The van der Waals surface area contributed by atoms with Crippen molar-refractivity contribution in [1.29, 1.82) is 0 Å². The van der Waals surface area contributed by atoms with E-state index < -0.39 is 12.2 Å². The van der Waals surface area contributed by atoms with Crippen LogP contribution in [0.3, 0.4) is 0 Å². The van der Waals surface area contributed by atoms with Gasteiger partial charge in [0.25, 0.3) is 0 Å². The van der Waals surface area contributed by atoms with Gasteiger partial charge in [-0.3, -0.25) is 0 Å². The zero-order valence-electron chi connectivity index (χ0n) is 8.28. The summed E-state index contributed by atoms with van der Waals surface area (Å²) in [5, 5.41) is 18.2. The zero-order valence-corrected chi connectivity index (χ0v) is 9.04. The summed E-state index contributed by atoms with van der Waals surface area (Å²) in [5.74, 6) is 0. The normalized spacial score (nSPS) is 18.8. The lowest BCUT2D eigenvalue weighted by Gasteiger charge is -2.16. The molecule has 0 aliphatic heterocycles. The maximum absolute atomic E-state index is 9.46. The van der Waals surface area contributed by atoms with Crippen LogP contribution < -0.4 is 0 Å². The predicted octanol–water partition coefficient (Wildman–Crippen LogP) is 2.08. The quantitative estimate of drug-likeness (QED) is 0.516. The van der Waals surface area contributed by atoms with Gasteiger partial charge in [-0.1, -0.05) is 19.1 Å². The molecule has 0 saturated heterocycles. The topological polar surface area (TPSA) is 40.5 Å². The van der Waals surface area contributed by atoms with Crippen LogP contribution in [0.1, 0.15) is 33.1 Å². The second kappa shape index (κ2) is 7.36. The van der Waals surface area contributed by atoms with Crippen LogP contribution in [-0.4, -0.2) is 27.8 Å². The van der Waals surface area contributed by atoms with Crippen molar-refractivity contribution in [2.75, 3.05) is 0 Å². The van der Waals surface area contributed by atoms with E-state index in [1.165, 1.54) is 0 Å². The molecule has 3 atom stereocenters. The van der Waals surface area contributed by atoms with Crippen molar-refractivity contribution in [2.24, 2.45) is 0 Å². The Balaban J connectivity index is 3.68. The van der Waals surface area contributed by atoms with Crippen molar-refractivity contribution in [3.8, 4) is 0 Å². The summed E-state index contributed by atoms with van der Waals surface area (Å²) in [6, 6.07) is 0. The number of rotatable bonds is 6. The number of hydrogen-bond donors (Lipinski definition) is 2. The monoisotopic (exact) mass is 206 g/mol. The van der Waals surface area contributed by atoms with Gasteiger partial charge in [0.15, 0.2) is 0 Å². The molecule has 0 amide bonds. The third-order valence-electron chi connectivity index (χ3n) is 1.76. The van der Waals surface area contributed by atoms with Crippen molar-refractivity contribution >= 4 is 11.6 Å². The zero-order chi connectivity index (χ0) is 10.3. The fourth-order valence-corrected chi connectivity index (χ4v) is 1.25. The van der Waals surface area contributed by atoms with Crippen molar-refractivity contribution in [3.63, 3.8) is 0 Å². The number of aliphatic hydroxyl groups excluding tert-OH is 2. The van der Waals surface area contributed by atoms with Crippen molar-refractivity contribution in [2.45, 2.75) is 50.7 Å². The summed E-state index contributed by atoms with van der Waals surface area (Å²) in [4.78, 5) is 0. The molecule has 0 bridgehead atoms. The molecular formula is C10H19ClO2. The SMILES string of the molecule is CCC=CC[C@@H](Cl)[C@@H](O)C[C@@H](C)O. The minimum Gasteiger partial charge on any atom is -0.393 e.